The molecule has 4 rings (SSSR count). The highest BCUT2D eigenvalue weighted by atomic mass is 16.6. The fourth-order valence-corrected chi connectivity index (χ4v) is 2.34. The molecule has 1 aliphatic rings. The Kier molecular flexibility index (Phi) is 2.32. The zero-order valence-corrected chi connectivity index (χ0v) is 10.6. The Labute approximate surface area is 115 Å². The molecule has 0 unspecified atom stereocenters. The van der Waals surface area contributed by atoms with Gasteiger partial charge in [-0.05, 0) is 30.3 Å². The van der Waals surface area contributed by atoms with E-state index in [1.807, 2.05) is 30.6 Å². The number of benzene rings is 1. The van der Waals surface area contributed by atoms with Gasteiger partial charge in [-0.2, -0.15) is 0 Å². The van der Waals surface area contributed by atoms with Crippen molar-refractivity contribution < 1.29 is 14.6 Å². The molecule has 0 atom stereocenters. The molecule has 0 saturated carbocycles. The first-order valence-corrected chi connectivity index (χ1v) is 6.38. The number of nitrogens with zero attached hydrogens (tertiary/aromatic N) is 2. The van der Waals surface area contributed by atoms with Crippen LogP contribution in [0.2, 0.25) is 0 Å². The Balaban J connectivity index is 1.84. The molecule has 2 aromatic heterocycles. The summed E-state index contributed by atoms with van der Waals surface area (Å²) in [6.07, 6.45) is 3.73. The van der Waals surface area contributed by atoms with E-state index in [4.69, 9.17) is 9.47 Å². The van der Waals surface area contributed by atoms with E-state index in [9.17, 15) is 5.11 Å². The number of aromatic hydroxyl groups is 1. The monoisotopic (exact) mass is 268 g/mol. The molecule has 100 valence electrons. The molecule has 0 aliphatic carbocycles. The molecule has 1 aliphatic heterocycles. The number of hydrogen-bond acceptors (Lipinski definition) is 4. The minimum atomic E-state index is 0.163. The van der Waals surface area contributed by atoms with Crippen molar-refractivity contribution in [2.75, 3.05) is 13.2 Å². The first-order chi connectivity index (χ1) is 9.81. The van der Waals surface area contributed by atoms with Crippen LogP contribution >= 0.6 is 0 Å². The Morgan fingerprint density at radius 2 is 1.95 bits per heavy atom. The molecule has 3 aromatic rings. The van der Waals surface area contributed by atoms with Gasteiger partial charge in [0.2, 0.25) is 0 Å². The van der Waals surface area contributed by atoms with Crippen LogP contribution in [0.4, 0.5) is 0 Å². The van der Waals surface area contributed by atoms with Crippen molar-refractivity contribution in [3.8, 4) is 28.5 Å². The van der Waals surface area contributed by atoms with Gasteiger partial charge in [0.1, 0.15) is 13.2 Å². The molecule has 0 spiro atoms. The Morgan fingerprint density at radius 3 is 2.80 bits per heavy atom. The number of hydrogen-bond donors (Lipinski definition) is 1. The van der Waals surface area contributed by atoms with Crippen LogP contribution in [0.5, 0.6) is 17.2 Å². The lowest BCUT2D eigenvalue weighted by Crippen LogP contribution is -2.15. The maximum Gasteiger partial charge on any atom is 0.180 e. The molecule has 1 aromatic carbocycles. The van der Waals surface area contributed by atoms with Gasteiger partial charge in [-0.1, -0.05) is 0 Å². The van der Waals surface area contributed by atoms with E-state index in [0.29, 0.717) is 18.9 Å². The van der Waals surface area contributed by atoms with Crippen LogP contribution in [0.25, 0.3) is 16.9 Å². The first-order valence-electron chi connectivity index (χ1n) is 6.38. The Hall–Kier alpha value is -2.69. The lowest BCUT2D eigenvalue weighted by Gasteiger charge is -2.18. The second-order valence-corrected chi connectivity index (χ2v) is 4.61. The van der Waals surface area contributed by atoms with Gasteiger partial charge in [0.25, 0.3) is 0 Å². The van der Waals surface area contributed by atoms with Crippen molar-refractivity contribution in [3.05, 3.63) is 42.7 Å². The summed E-state index contributed by atoms with van der Waals surface area (Å²) in [6.45, 7) is 1.14. The summed E-state index contributed by atoms with van der Waals surface area (Å²) in [5, 5.41) is 9.80. The van der Waals surface area contributed by atoms with E-state index < -0.39 is 0 Å². The van der Waals surface area contributed by atoms with Crippen LogP contribution in [-0.2, 0) is 0 Å². The molecule has 5 nitrogen and oxygen atoms in total. The lowest BCUT2D eigenvalue weighted by molar-refractivity contribution is 0.171. The molecule has 0 amide bonds. The van der Waals surface area contributed by atoms with Crippen molar-refractivity contribution in [1.29, 1.82) is 0 Å². The Morgan fingerprint density at radius 1 is 1.10 bits per heavy atom. The molecular formula is C15H12N2O3. The van der Waals surface area contributed by atoms with Crippen molar-refractivity contribution >= 4 is 5.65 Å². The van der Waals surface area contributed by atoms with E-state index in [-0.39, 0.29) is 5.75 Å². The van der Waals surface area contributed by atoms with Crippen molar-refractivity contribution in [2.24, 2.45) is 0 Å². The second kappa shape index (κ2) is 4.16. The maximum atomic E-state index is 9.80. The van der Waals surface area contributed by atoms with Crippen LogP contribution < -0.4 is 9.47 Å². The zero-order valence-electron chi connectivity index (χ0n) is 10.6. The molecule has 20 heavy (non-hydrogen) atoms. The van der Waals surface area contributed by atoms with Crippen LogP contribution in [0, 0.1) is 0 Å². The minimum Gasteiger partial charge on any atom is -0.504 e. The highest BCUT2D eigenvalue weighted by molar-refractivity contribution is 5.68. The topological polar surface area (TPSA) is 56.0 Å². The fraction of sp³-hybridized carbons (Fsp3) is 0.133. The average molecular weight is 268 g/mol. The van der Waals surface area contributed by atoms with Gasteiger partial charge < -0.3 is 19.0 Å². The molecule has 0 bridgehead atoms. The van der Waals surface area contributed by atoms with Gasteiger partial charge in [0.15, 0.2) is 22.9 Å². The van der Waals surface area contributed by atoms with E-state index in [1.54, 1.807) is 16.5 Å². The van der Waals surface area contributed by atoms with Crippen LogP contribution in [0.1, 0.15) is 0 Å². The SMILES string of the molecule is Oc1cccn2cc(-c3ccc4c(c3)OCCO4)nc12. The highest BCUT2D eigenvalue weighted by Gasteiger charge is 2.14. The summed E-state index contributed by atoms with van der Waals surface area (Å²) in [4.78, 5) is 4.45. The standard InChI is InChI=1S/C15H12N2O3/c18-12-2-1-5-17-9-11(16-15(12)17)10-3-4-13-14(8-10)20-7-6-19-13/h1-5,8-9,18H,6-7H2. The van der Waals surface area contributed by atoms with Gasteiger partial charge in [0, 0.05) is 18.0 Å². The molecule has 0 radical (unpaired) electrons. The van der Waals surface area contributed by atoms with Crippen molar-refractivity contribution in [2.45, 2.75) is 0 Å². The predicted octanol–water partition coefficient (Wildman–Crippen LogP) is 2.48. The zero-order chi connectivity index (χ0) is 13.5. The summed E-state index contributed by atoms with van der Waals surface area (Å²) in [6, 6.07) is 9.13. The molecule has 3 heterocycles. The fourth-order valence-electron chi connectivity index (χ4n) is 2.34. The predicted molar refractivity (Wildman–Crippen MR) is 73.3 cm³/mol. The van der Waals surface area contributed by atoms with Gasteiger partial charge in [-0.3, -0.25) is 0 Å². The summed E-state index contributed by atoms with van der Waals surface area (Å²) in [7, 11) is 0. The number of ether oxygens (including phenoxy) is 2. The smallest absolute Gasteiger partial charge is 0.180 e. The molecular weight excluding hydrogens is 256 g/mol. The molecule has 1 N–H and O–H groups in total. The van der Waals surface area contributed by atoms with Crippen molar-refractivity contribution in [3.63, 3.8) is 0 Å². The largest absolute Gasteiger partial charge is 0.504 e. The number of rotatable bonds is 1. The summed E-state index contributed by atoms with van der Waals surface area (Å²) >= 11 is 0. The van der Waals surface area contributed by atoms with Crippen molar-refractivity contribution in [1.82, 2.24) is 9.38 Å². The maximum absolute atomic E-state index is 9.80. The quantitative estimate of drug-likeness (QED) is 0.736. The van der Waals surface area contributed by atoms with Gasteiger partial charge in [-0.25, -0.2) is 4.98 Å². The number of pyridine rings is 1. The highest BCUT2D eigenvalue weighted by Crippen LogP contribution is 2.34. The van der Waals surface area contributed by atoms with Gasteiger partial charge in [0.05, 0.1) is 5.69 Å². The lowest BCUT2D eigenvalue weighted by atomic mass is 10.1. The summed E-state index contributed by atoms with van der Waals surface area (Å²) in [5.74, 6) is 1.65. The van der Waals surface area contributed by atoms with E-state index in [1.165, 1.54) is 0 Å². The third kappa shape index (κ3) is 1.67. The third-order valence-electron chi connectivity index (χ3n) is 3.30. The van der Waals surface area contributed by atoms with E-state index >= 15 is 0 Å². The van der Waals surface area contributed by atoms with Crippen LogP contribution in [-0.4, -0.2) is 27.7 Å². The molecule has 0 fully saturated rings. The number of imidazole rings is 1. The summed E-state index contributed by atoms with van der Waals surface area (Å²) < 4.78 is 12.9. The first kappa shape index (κ1) is 11.2. The average Bonchev–Trinajstić information content (AvgIpc) is 2.92. The minimum absolute atomic E-state index is 0.163. The molecule has 0 saturated heterocycles. The molecule has 5 heteroatoms. The van der Waals surface area contributed by atoms with Crippen LogP contribution in [0.15, 0.2) is 42.7 Å². The second-order valence-electron chi connectivity index (χ2n) is 4.61. The van der Waals surface area contributed by atoms with Gasteiger partial charge >= 0.3 is 0 Å². The number of aromatic nitrogens is 2. The summed E-state index contributed by atoms with van der Waals surface area (Å²) in [5.41, 5.74) is 2.25. The van der Waals surface area contributed by atoms with Gasteiger partial charge in [-0.15, -0.1) is 0 Å². The normalized spacial score (nSPS) is 13.6. The third-order valence-corrected chi connectivity index (χ3v) is 3.30. The number of fused-ring (bicyclic) bond motifs is 2. The van der Waals surface area contributed by atoms with E-state index in [2.05, 4.69) is 4.98 Å². The van der Waals surface area contributed by atoms with Crippen LogP contribution in [0.3, 0.4) is 0 Å². The Bertz CT molecular complexity index is 795. The van der Waals surface area contributed by atoms with E-state index in [0.717, 1.165) is 22.8 Å².